The first-order valence-electron chi connectivity index (χ1n) is 4.62. The lowest BCUT2D eigenvalue weighted by atomic mass is 10.3. The second-order valence-electron chi connectivity index (χ2n) is 3.52. The highest BCUT2D eigenvalue weighted by Crippen LogP contribution is 2.33. The summed E-state index contributed by atoms with van der Waals surface area (Å²) in [6, 6.07) is 0. The first-order chi connectivity index (χ1) is 7.16. The van der Waals surface area contributed by atoms with Gasteiger partial charge in [-0.2, -0.15) is 0 Å². The van der Waals surface area contributed by atoms with Crippen molar-refractivity contribution < 1.29 is 4.79 Å². The fourth-order valence-corrected chi connectivity index (χ4v) is 1.48. The van der Waals surface area contributed by atoms with Crippen LogP contribution in [0.15, 0.2) is 6.33 Å². The third kappa shape index (κ3) is 2.79. The molecule has 1 aliphatic rings. The minimum atomic E-state index is -0.0748. The maximum absolute atomic E-state index is 11.5. The Labute approximate surface area is 97.0 Å². The number of rotatable bonds is 3. The average molecular weight is 246 g/mol. The van der Waals surface area contributed by atoms with Crippen LogP contribution in [0, 0.1) is 5.92 Å². The Kier molecular flexibility index (Phi) is 3.07. The molecule has 1 amide bonds. The highest BCUT2D eigenvalue weighted by Gasteiger charge is 2.24. The lowest BCUT2D eigenvalue weighted by Gasteiger charge is -2.05. The number of aromatic nitrogens is 2. The van der Waals surface area contributed by atoms with E-state index in [0.717, 1.165) is 12.8 Å². The van der Waals surface area contributed by atoms with Gasteiger partial charge in [-0.05, 0) is 18.8 Å². The molecule has 1 N–H and O–H groups in total. The van der Waals surface area contributed by atoms with Crippen molar-refractivity contribution in [1.82, 2.24) is 9.97 Å². The topological polar surface area (TPSA) is 54.9 Å². The van der Waals surface area contributed by atoms with Crippen LogP contribution in [0.4, 0.5) is 5.82 Å². The second-order valence-corrected chi connectivity index (χ2v) is 4.26. The molecule has 0 aliphatic heterocycles. The Morgan fingerprint density at radius 3 is 2.87 bits per heavy atom. The van der Waals surface area contributed by atoms with Crippen LogP contribution in [0.1, 0.15) is 19.3 Å². The molecule has 1 fully saturated rings. The van der Waals surface area contributed by atoms with Crippen LogP contribution in [0.2, 0.25) is 10.2 Å². The van der Waals surface area contributed by atoms with Gasteiger partial charge in [-0.25, -0.2) is 9.97 Å². The zero-order chi connectivity index (χ0) is 10.8. The summed E-state index contributed by atoms with van der Waals surface area (Å²) in [5.41, 5.74) is 0. The first kappa shape index (κ1) is 10.6. The molecule has 1 aromatic rings. The van der Waals surface area contributed by atoms with E-state index in [2.05, 4.69) is 15.3 Å². The number of anilines is 1. The summed E-state index contributed by atoms with van der Waals surface area (Å²) in [5.74, 6) is 0.734. The van der Waals surface area contributed by atoms with Gasteiger partial charge in [0.15, 0.2) is 11.0 Å². The lowest BCUT2D eigenvalue weighted by molar-refractivity contribution is -0.116. The van der Waals surface area contributed by atoms with Crippen molar-refractivity contribution in [2.75, 3.05) is 5.32 Å². The smallest absolute Gasteiger partial charge is 0.225 e. The zero-order valence-electron chi connectivity index (χ0n) is 7.83. The number of hydrogen-bond donors (Lipinski definition) is 1. The van der Waals surface area contributed by atoms with E-state index in [-0.39, 0.29) is 21.9 Å². The highest BCUT2D eigenvalue weighted by atomic mass is 35.5. The molecule has 0 bridgehead atoms. The van der Waals surface area contributed by atoms with Crippen molar-refractivity contribution in [2.45, 2.75) is 19.3 Å². The van der Waals surface area contributed by atoms with Gasteiger partial charge in [0.2, 0.25) is 5.91 Å². The van der Waals surface area contributed by atoms with Crippen molar-refractivity contribution in [3.63, 3.8) is 0 Å². The molecule has 0 aromatic carbocycles. The van der Waals surface area contributed by atoms with Gasteiger partial charge in [-0.1, -0.05) is 23.2 Å². The molecular formula is C9H9Cl2N3O. The Bertz CT molecular complexity index is 393. The predicted octanol–water partition coefficient (Wildman–Crippen LogP) is 2.52. The van der Waals surface area contributed by atoms with Gasteiger partial charge in [-0.15, -0.1) is 0 Å². The molecule has 0 saturated heterocycles. The molecule has 6 heteroatoms. The lowest BCUT2D eigenvalue weighted by Crippen LogP contribution is -2.13. The number of nitrogens with zero attached hydrogens (tertiary/aromatic N) is 2. The Hall–Kier alpha value is -0.870. The van der Waals surface area contributed by atoms with Crippen LogP contribution in [0.25, 0.3) is 0 Å². The number of carbonyl (C=O) groups excluding carboxylic acids is 1. The summed E-state index contributed by atoms with van der Waals surface area (Å²) in [6.07, 6.45) is 4.05. The molecule has 15 heavy (non-hydrogen) atoms. The van der Waals surface area contributed by atoms with Crippen LogP contribution >= 0.6 is 23.2 Å². The Balaban J connectivity index is 2.02. The molecule has 2 rings (SSSR count). The van der Waals surface area contributed by atoms with Gasteiger partial charge in [-0.3, -0.25) is 4.79 Å². The van der Waals surface area contributed by atoms with E-state index >= 15 is 0 Å². The third-order valence-corrected chi connectivity index (χ3v) is 2.92. The van der Waals surface area contributed by atoms with Crippen LogP contribution in [-0.4, -0.2) is 15.9 Å². The standard InChI is InChI=1S/C9H9Cl2N3O/c10-7-8(11)12-4-13-9(7)14-6(15)3-5-1-2-5/h4-5H,1-3H2,(H,12,13,14,15). The molecule has 1 aliphatic carbocycles. The number of hydrogen-bond acceptors (Lipinski definition) is 3. The fraction of sp³-hybridized carbons (Fsp3) is 0.444. The van der Waals surface area contributed by atoms with E-state index in [4.69, 9.17) is 23.2 Å². The molecule has 4 nitrogen and oxygen atoms in total. The van der Waals surface area contributed by atoms with E-state index < -0.39 is 0 Å². The van der Waals surface area contributed by atoms with Crippen LogP contribution in [0.3, 0.4) is 0 Å². The quantitative estimate of drug-likeness (QED) is 0.833. The van der Waals surface area contributed by atoms with Gasteiger partial charge in [0.1, 0.15) is 11.3 Å². The predicted molar refractivity (Wildman–Crippen MR) is 58.0 cm³/mol. The van der Waals surface area contributed by atoms with Crippen molar-refractivity contribution in [3.05, 3.63) is 16.5 Å². The van der Waals surface area contributed by atoms with Crippen molar-refractivity contribution >= 4 is 34.9 Å². The Morgan fingerprint density at radius 1 is 1.47 bits per heavy atom. The van der Waals surface area contributed by atoms with Crippen molar-refractivity contribution in [2.24, 2.45) is 5.92 Å². The van der Waals surface area contributed by atoms with Crippen LogP contribution in [-0.2, 0) is 4.79 Å². The van der Waals surface area contributed by atoms with E-state index in [1.54, 1.807) is 0 Å². The number of halogens is 2. The number of carbonyl (C=O) groups is 1. The summed E-state index contributed by atoms with van der Waals surface area (Å²) in [4.78, 5) is 19.0. The normalized spacial score (nSPS) is 15.1. The second kappa shape index (κ2) is 4.33. The molecule has 0 spiro atoms. The molecule has 80 valence electrons. The SMILES string of the molecule is O=C(CC1CC1)Nc1ncnc(Cl)c1Cl. The first-order valence-corrected chi connectivity index (χ1v) is 5.38. The van der Waals surface area contributed by atoms with Gasteiger partial charge in [0.25, 0.3) is 0 Å². The molecular weight excluding hydrogens is 237 g/mol. The molecule has 0 atom stereocenters. The largest absolute Gasteiger partial charge is 0.309 e. The molecule has 0 unspecified atom stereocenters. The average Bonchev–Trinajstić information content (AvgIpc) is 2.97. The van der Waals surface area contributed by atoms with Gasteiger partial charge >= 0.3 is 0 Å². The molecule has 1 saturated carbocycles. The minimum Gasteiger partial charge on any atom is -0.309 e. The fourth-order valence-electron chi connectivity index (χ4n) is 1.20. The molecule has 1 heterocycles. The van der Waals surface area contributed by atoms with E-state index in [9.17, 15) is 4.79 Å². The van der Waals surface area contributed by atoms with E-state index in [1.807, 2.05) is 0 Å². The van der Waals surface area contributed by atoms with Gasteiger partial charge in [0.05, 0.1) is 0 Å². The summed E-state index contributed by atoms with van der Waals surface area (Å²) in [5, 5.41) is 2.95. The molecule has 1 aromatic heterocycles. The number of nitrogens with one attached hydrogen (secondary N) is 1. The summed E-state index contributed by atoms with van der Waals surface area (Å²) < 4.78 is 0. The maximum Gasteiger partial charge on any atom is 0.225 e. The molecule has 0 radical (unpaired) electrons. The maximum atomic E-state index is 11.5. The Morgan fingerprint density at radius 2 is 2.20 bits per heavy atom. The van der Waals surface area contributed by atoms with E-state index in [1.165, 1.54) is 6.33 Å². The third-order valence-electron chi connectivity index (χ3n) is 2.18. The van der Waals surface area contributed by atoms with Crippen molar-refractivity contribution in [3.8, 4) is 0 Å². The van der Waals surface area contributed by atoms with Gasteiger partial charge in [0, 0.05) is 6.42 Å². The van der Waals surface area contributed by atoms with Crippen LogP contribution < -0.4 is 5.32 Å². The zero-order valence-corrected chi connectivity index (χ0v) is 9.35. The highest BCUT2D eigenvalue weighted by molar-refractivity contribution is 6.42. The monoisotopic (exact) mass is 245 g/mol. The van der Waals surface area contributed by atoms with E-state index in [0.29, 0.717) is 12.3 Å². The van der Waals surface area contributed by atoms with Gasteiger partial charge < -0.3 is 5.32 Å². The number of amides is 1. The summed E-state index contributed by atoms with van der Waals surface area (Å²) in [7, 11) is 0. The van der Waals surface area contributed by atoms with Crippen LogP contribution in [0.5, 0.6) is 0 Å². The summed E-state index contributed by atoms with van der Waals surface area (Å²) >= 11 is 11.5. The van der Waals surface area contributed by atoms with Crippen molar-refractivity contribution in [1.29, 1.82) is 0 Å². The minimum absolute atomic E-state index is 0.0748. The summed E-state index contributed by atoms with van der Waals surface area (Å²) in [6.45, 7) is 0.